The maximum Gasteiger partial charge on any atom is 0.0944 e. The number of anilines is 1. The van der Waals surface area contributed by atoms with Crippen LogP contribution in [0.3, 0.4) is 0 Å². The molecule has 3 aromatic rings. The molecule has 0 bridgehead atoms. The summed E-state index contributed by atoms with van der Waals surface area (Å²) in [5.74, 6) is 0. The highest BCUT2D eigenvalue weighted by molar-refractivity contribution is 5.85. The van der Waals surface area contributed by atoms with Crippen LogP contribution in [-0.2, 0) is 0 Å². The molecule has 0 atom stereocenters. The Morgan fingerprint density at radius 1 is 0.880 bits per heavy atom. The van der Waals surface area contributed by atoms with Gasteiger partial charge < -0.3 is 9.80 Å². The van der Waals surface area contributed by atoms with Gasteiger partial charge >= 0.3 is 0 Å². The summed E-state index contributed by atoms with van der Waals surface area (Å²) in [6.07, 6.45) is 8.47. The summed E-state index contributed by atoms with van der Waals surface area (Å²) in [6, 6.07) is 21.9. The Hall–Kier alpha value is -2.81. The Morgan fingerprint density at radius 2 is 1.72 bits per heavy atom. The maximum atomic E-state index is 4.89. The number of hydrogen-bond donors (Lipinski definition) is 0. The lowest BCUT2D eigenvalue weighted by molar-refractivity contribution is 0.197. The first-order valence-corrected chi connectivity index (χ1v) is 9.04. The van der Waals surface area contributed by atoms with Crippen LogP contribution >= 0.6 is 0 Å². The van der Waals surface area contributed by atoms with Crippen molar-refractivity contribution in [2.24, 2.45) is 0 Å². The molecule has 1 fully saturated rings. The molecular formula is C22H21N3. The molecule has 3 heteroatoms. The zero-order valence-corrected chi connectivity index (χ0v) is 14.2. The fourth-order valence-corrected chi connectivity index (χ4v) is 3.61. The van der Waals surface area contributed by atoms with Crippen molar-refractivity contribution in [2.45, 2.75) is 25.3 Å². The van der Waals surface area contributed by atoms with Crippen molar-refractivity contribution in [3.63, 3.8) is 0 Å². The smallest absolute Gasteiger partial charge is 0.0944 e. The molecule has 0 saturated heterocycles. The first kappa shape index (κ1) is 14.5. The second-order valence-electron chi connectivity index (χ2n) is 6.95. The number of benzene rings is 2. The van der Waals surface area contributed by atoms with Gasteiger partial charge in [-0.05, 0) is 37.5 Å². The van der Waals surface area contributed by atoms with E-state index in [2.05, 4.69) is 76.8 Å². The molecule has 5 rings (SSSR count). The molecule has 3 nitrogen and oxygen atoms in total. The van der Waals surface area contributed by atoms with E-state index in [0.717, 1.165) is 29.5 Å². The molecule has 2 aliphatic rings. The predicted molar refractivity (Wildman–Crippen MR) is 103 cm³/mol. The number of hydrogen-bond acceptors (Lipinski definition) is 3. The Morgan fingerprint density at radius 3 is 2.52 bits per heavy atom. The van der Waals surface area contributed by atoms with E-state index in [9.17, 15) is 0 Å². The van der Waals surface area contributed by atoms with Crippen molar-refractivity contribution in [1.29, 1.82) is 0 Å². The summed E-state index contributed by atoms with van der Waals surface area (Å²) < 4.78 is 0. The Kier molecular flexibility index (Phi) is 3.44. The van der Waals surface area contributed by atoms with Crippen LogP contribution in [0.15, 0.2) is 73.1 Å². The van der Waals surface area contributed by atoms with E-state index in [-0.39, 0.29) is 0 Å². The van der Waals surface area contributed by atoms with E-state index in [4.69, 9.17) is 4.98 Å². The second kappa shape index (κ2) is 5.92. The molecule has 1 aliphatic heterocycles. The van der Waals surface area contributed by atoms with Crippen molar-refractivity contribution in [3.8, 4) is 11.3 Å². The summed E-state index contributed by atoms with van der Waals surface area (Å²) in [7, 11) is 0. The summed E-state index contributed by atoms with van der Waals surface area (Å²) >= 11 is 0. The van der Waals surface area contributed by atoms with Crippen LogP contribution in [0.2, 0.25) is 0 Å². The van der Waals surface area contributed by atoms with E-state index in [1.165, 1.54) is 30.3 Å². The van der Waals surface area contributed by atoms with Gasteiger partial charge in [-0.3, -0.25) is 0 Å². The van der Waals surface area contributed by atoms with Crippen molar-refractivity contribution in [1.82, 2.24) is 9.88 Å². The first-order chi connectivity index (χ1) is 12.4. The summed E-state index contributed by atoms with van der Waals surface area (Å²) in [5.41, 5.74) is 4.45. The number of rotatable bonds is 3. The molecular weight excluding hydrogens is 306 g/mol. The Bertz CT molecular complexity index is 928. The molecule has 1 aliphatic carbocycles. The topological polar surface area (TPSA) is 19.4 Å². The van der Waals surface area contributed by atoms with Gasteiger partial charge in [-0.25, -0.2) is 4.98 Å². The molecule has 0 unspecified atom stereocenters. The van der Waals surface area contributed by atoms with Crippen molar-refractivity contribution >= 4 is 16.6 Å². The zero-order valence-electron chi connectivity index (χ0n) is 14.2. The maximum absolute atomic E-state index is 4.89. The van der Waals surface area contributed by atoms with Crippen LogP contribution in [0.1, 0.15) is 19.3 Å². The third kappa shape index (κ3) is 2.66. The van der Waals surface area contributed by atoms with Gasteiger partial charge in [0.25, 0.3) is 0 Å². The van der Waals surface area contributed by atoms with Gasteiger partial charge in [0.15, 0.2) is 0 Å². The fraction of sp³-hybridized carbons (Fsp3) is 0.227. The molecule has 2 heterocycles. The van der Waals surface area contributed by atoms with Crippen LogP contribution in [0.25, 0.3) is 22.2 Å². The largest absolute Gasteiger partial charge is 0.355 e. The molecule has 0 spiro atoms. The van der Waals surface area contributed by atoms with E-state index >= 15 is 0 Å². The summed E-state index contributed by atoms with van der Waals surface area (Å²) in [6.45, 7) is 0.953. The molecule has 0 amide bonds. The summed E-state index contributed by atoms with van der Waals surface area (Å²) in [5, 5.41) is 1.18. The van der Waals surface area contributed by atoms with Gasteiger partial charge in [0.2, 0.25) is 0 Å². The molecule has 124 valence electrons. The average molecular weight is 327 g/mol. The van der Waals surface area contributed by atoms with Gasteiger partial charge in [0.05, 0.1) is 17.9 Å². The van der Waals surface area contributed by atoms with Gasteiger partial charge in [-0.2, -0.15) is 0 Å². The lowest BCUT2D eigenvalue weighted by atomic mass is 9.92. The standard InChI is InChI=1S/C22H21N3/c1-2-5-17(6-3-1)21-12-10-18-9-11-20(15-22(18)23-21)25-14-13-24(16-25)19-7-4-8-19/h1-3,5-6,9-15,19H,4,7-8,16H2. The quantitative estimate of drug-likeness (QED) is 0.674. The third-order valence-electron chi connectivity index (χ3n) is 5.37. The fourth-order valence-electron chi connectivity index (χ4n) is 3.61. The molecule has 1 aromatic heterocycles. The lowest BCUT2D eigenvalue weighted by Gasteiger charge is -2.35. The number of pyridine rings is 1. The molecule has 25 heavy (non-hydrogen) atoms. The molecule has 1 saturated carbocycles. The highest BCUT2D eigenvalue weighted by atomic mass is 15.4. The van der Waals surface area contributed by atoms with Crippen molar-refractivity contribution in [3.05, 3.63) is 73.1 Å². The number of aromatic nitrogens is 1. The van der Waals surface area contributed by atoms with E-state index in [1.807, 2.05) is 6.07 Å². The minimum Gasteiger partial charge on any atom is -0.355 e. The van der Waals surface area contributed by atoms with E-state index < -0.39 is 0 Å². The lowest BCUT2D eigenvalue weighted by Crippen LogP contribution is -2.38. The molecule has 0 N–H and O–H groups in total. The monoisotopic (exact) mass is 327 g/mol. The minimum atomic E-state index is 0.740. The van der Waals surface area contributed by atoms with Gasteiger partial charge in [0, 0.05) is 35.1 Å². The SMILES string of the molecule is C1=CN(C2CCC2)CN1c1ccc2ccc(-c3ccccc3)nc2c1. The predicted octanol–water partition coefficient (Wildman–Crippen LogP) is 5.01. The molecule has 2 aromatic carbocycles. The van der Waals surface area contributed by atoms with Crippen molar-refractivity contribution in [2.75, 3.05) is 11.6 Å². The van der Waals surface area contributed by atoms with Crippen molar-refractivity contribution < 1.29 is 0 Å². The van der Waals surface area contributed by atoms with Gasteiger partial charge in [-0.15, -0.1) is 0 Å². The summed E-state index contributed by atoms with van der Waals surface area (Å²) in [4.78, 5) is 9.67. The number of fused-ring (bicyclic) bond motifs is 1. The average Bonchev–Trinajstić information content (AvgIpc) is 3.09. The van der Waals surface area contributed by atoms with E-state index in [1.54, 1.807) is 0 Å². The first-order valence-electron chi connectivity index (χ1n) is 9.04. The van der Waals surface area contributed by atoms with Crippen LogP contribution < -0.4 is 4.90 Å². The van der Waals surface area contributed by atoms with Gasteiger partial charge in [0.1, 0.15) is 0 Å². The Labute approximate surface area is 148 Å². The number of nitrogens with zero attached hydrogens (tertiary/aromatic N) is 3. The second-order valence-corrected chi connectivity index (χ2v) is 6.95. The van der Waals surface area contributed by atoms with Crippen LogP contribution in [0.4, 0.5) is 5.69 Å². The highest BCUT2D eigenvalue weighted by Gasteiger charge is 2.26. The zero-order chi connectivity index (χ0) is 16.6. The van der Waals surface area contributed by atoms with Crippen LogP contribution in [0.5, 0.6) is 0 Å². The normalized spacial score (nSPS) is 17.3. The van der Waals surface area contributed by atoms with Crippen LogP contribution in [-0.4, -0.2) is 22.6 Å². The molecule has 0 radical (unpaired) electrons. The highest BCUT2D eigenvalue weighted by Crippen LogP contribution is 2.30. The minimum absolute atomic E-state index is 0.740. The third-order valence-corrected chi connectivity index (χ3v) is 5.37. The Balaban J connectivity index is 1.45. The van der Waals surface area contributed by atoms with E-state index in [0.29, 0.717) is 0 Å². The van der Waals surface area contributed by atoms with Gasteiger partial charge in [-0.1, -0.05) is 42.5 Å². The van der Waals surface area contributed by atoms with Crippen LogP contribution in [0, 0.1) is 0 Å².